The number of thioether (sulfide) groups is 1. The summed E-state index contributed by atoms with van der Waals surface area (Å²) in [5.41, 5.74) is -0.229. The largest absolute Gasteiger partial charge is 0.475 e. The van der Waals surface area contributed by atoms with Crippen LogP contribution in [0.3, 0.4) is 0 Å². The third-order valence-corrected chi connectivity index (χ3v) is 25.7. The van der Waals surface area contributed by atoms with Crippen molar-refractivity contribution >= 4 is 65.3 Å². The first-order valence-corrected chi connectivity index (χ1v) is 43.4. The van der Waals surface area contributed by atoms with Crippen LogP contribution in [0.25, 0.3) is 0 Å². The number of phosphoric acid groups is 2. The third kappa shape index (κ3) is 31.4. The third-order valence-electron chi connectivity index (χ3n) is 18.6. The number of carbonyl (C=O) groups is 4. The average Bonchev–Trinajstić information content (AvgIpc) is 1.73. The summed E-state index contributed by atoms with van der Waals surface area (Å²) in [6.45, 7) is 18.1. The summed E-state index contributed by atoms with van der Waals surface area (Å²) in [5.74, 6) is 2.17. The van der Waals surface area contributed by atoms with Gasteiger partial charge in [-0.1, -0.05) is 66.2 Å². The van der Waals surface area contributed by atoms with Crippen molar-refractivity contribution in [2.24, 2.45) is 11.8 Å². The van der Waals surface area contributed by atoms with Crippen LogP contribution >= 0.6 is 27.4 Å². The first kappa shape index (κ1) is 82.2. The fourth-order valence-electron chi connectivity index (χ4n) is 12.2. The molecule has 8 N–H and O–H groups in total. The SMILES string of the molecule is [2H]OCC1OC(n2cc(C)c(NCCCCCCNC(=O)CCCCCNC(=O)CCCCCNC(=O)CCCCC3SCC4NC(=O)NC43)nc2=O)CC1OP(=O)(OCCCC#N)OCC1OC([3H])CC1OP(=O)(OCCCC#N)OCCNCCC[Si](C)(C)OC(C)(C(C)C)C(C)CC. The van der Waals surface area contributed by atoms with Crippen LogP contribution < -0.4 is 42.9 Å². The van der Waals surface area contributed by atoms with E-state index in [2.05, 4.69) is 89.9 Å². The molecule has 5 heterocycles. The molecule has 0 aromatic carbocycles. The zero-order valence-corrected chi connectivity index (χ0v) is 63.7. The van der Waals surface area contributed by atoms with Crippen molar-refractivity contribution in [2.75, 3.05) is 90.0 Å². The number of unbranched alkanes of at least 4 members (excludes halogenated alkanes) is 10. The quantitative estimate of drug-likeness (QED) is 0.0130. The van der Waals surface area contributed by atoms with Crippen LogP contribution in [0, 0.1) is 41.4 Å². The zero-order valence-electron chi connectivity index (χ0n) is 62.1. The number of carbonyl (C=O) groups excluding carboxylic acids is 4. The van der Waals surface area contributed by atoms with Gasteiger partial charge < -0.3 is 56.2 Å². The Morgan fingerprint density at radius 3 is 2.00 bits per heavy atom. The second kappa shape index (κ2) is 45.9. The summed E-state index contributed by atoms with van der Waals surface area (Å²) in [4.78, 5) is 66.6. The molecule has 0 aliphatic carbocycles. The Balaban J connectivity index is 0.968. The molecule has 0 bridgehead atoms. The molecule has 4 aliphatic heterocycles. The maximum Gasteiger partial charge on any atom is 0.475 e. The van der Waals surface area contributed by atoms with Gasteiger partial charge in [0.25, 0.3) is 0 Å². The molecule has 99 heavy (non-hydrogen) atoms. The fraction of sp³-hybridized carbons (Fsp3) is 0.851. The highest BCUT2D eigenvalue weighted by Gasteiger charge is 2.46. The van der Waals surface area contributed by atoms with Gasteiger partial charge in [-0.05, 0) is 122 Å². The number of ether oxygens (including phenoxy) is 2. The summed E-state index contributed by atoms with van der Waals surface area (Å²) >= 11 is 1.89. The summed E-state index contributed by atoms with van der Waals surface area (Å²) in [6.07, 6.45) is 10.7. The van der Waals surface area contributed by atoms with Gasteiger partial charge in [-0.2, -0.15) is 27.3 Å². The van der Waals surface area contributed by atoms with E-state index in [9.17, 15) is 38.4 Å². The number of rotatable bonds is 56. The van der Waals surface area contributed by atoms with E-state index in [0.29, 0.717) is 87.0 Å². The number of fused-ring (bicyclic) bond motifs is 1. The Hall–Kier alpha value is -4.07. The lowest BCUT2D eigenvalue weighted by molar-refractivity contribution is -0.122. The van der Waals surface area contributed by atoms with E-state index >= 15 is 0 Å². The van der Waals surface area contributed by atoms with Crippen molar-refractivity contribution in [3.8, 4) is 12.1 Å². The number of urea groups is 1. The van der Waals surface area contributed by atoms with Gasteiger partial charge in [-0.15, -0.1) is 0 Å². The molecule has 564 valence electrons. The van der Waals surface area contributed by atoms with Crippen LogP contribution in [0.5, 0.6) is 0 Å². The molecule has 0 radical (unpaired) electrons. The first-order valence-electron chi connectivity index (χ1n) is 37.3. The molecule has 28 nitrogen and oxygen atoms in total. The Morgan fingerprint density at radius 2 is 1.39 bits per heavy atom. The number of aliphatic hydroxyl groups is 1. The van der Waals surface area contributed by atoms with Crippen molar-refractivity contribution in [3.63, 3.8) is 0 Å². The van der Waals surface area contributed by atoms with Crippen molar-refractivity contribution in [3.05, 3.63) is 22.2 Å². The Kier molecular flexibility index (Phi) is 38.1. The number of aromatic nitrogens is 2. The predicted octanol–water partition coefficient (Wildman–Crippen LogP) is 10.1. The molecule has 4 aliphatic rings. The van der Waals surface area contributed by atoms with Crippen molar-refractivity contribution in [1.29, 1.82) is 12.0 Å². The molecule has 0 spiro atoms. The van der Waals surface area contributed by atoms with Gasteiger partial charge in [0.05, 0.1) is 64.2 Å². The predicted molar refractivity (Wildman–Crippen MR) is 382 cm³/mol. The van der Waals surface area contributed by atoms with Crippen LogP contribution in [0.2, 0.25) is 19.1 Å². The maximum absolute atomic E-state index is 14.6. The number of anilines is 1. The van der Waals surface area contributed by atoms with Gasteiger partial charge in [0.2, 0.25) is 19.2 Å². The number of nitriles is 2. The number of hydrogen-bond acceptors (Lipinski definition) is 23. The van der Waals surface area contributed by atoms with E-state index in [4.69, 9.17) is 54.2 Å². The second-order valence-electron chi connectivity index (χ2n) is 27.3. The van der Waals surface area contributed by atoms with E-state index in [1.54, 1.807) is 13.1 Å². The maximum atomic E-state index is 14.6. The minimum Gasteiger partial charge on any atom is -0.412 e. The van der Waals surface area contributed by atoms with Crippen molar-refractivity contribution in [1.82, 2.24) is 41.5 Å². The minimum absolute atomic E-state index is 0.000987. The highest BCUT2D eigenvalue weighted by molar-refractivity contribution is 8.00. The summed E-state index contributed by atoms with van der Waals surface area (Å²) in [6, 6.07) is 5.30. The number of aliphatic hydroxyl groups excluding tert-OH is 1. The molecule has 13 unspecified atom stereocenters. The molecule has 13 atom stereocenters. The lowest BCUT2D eigenvalue weighted by Crippen LogP contribution is -2.50. The van der Waals surface area contributed by atoms with Crippen molar-refractivity contribution < 1.29 is 75.8 Å². The van der Waals surface area contributed by atoms with E-state index < -0.39 is 73.5 Å². The summed E-state index contributed by atoms with van der Waals surface area (Å²) in [5, 5.41) is 45.0. The number of hydrogen-bond donors (Lipinski definition) is 8. The first-order chi connectivity index (χ1) is 48.4. The number of phosphoric ester groups is 2. The van der Waals surface area contributed by atoms with Crippen molar-refractivity contribution in [2.45, 2.75) is 268 Å². The van der Waals surface area contributed by atoms with E-state index in [-0.39, 0.29) is 106 Å². The Labute approximate surface area is 596 Å². The van der Waals surface area contributed by atoms with Crippen LogP contribution in [0.1, 0.15) is 202 Å². The summed E-state index contributed by atoms with van der Waals surface area (Å²) in [7, 11) is -11.0. The van der Waals surface area contributed by atoms with Gasteiger partial charge in [0.1, 0.15) is 36.5 Å². The number of aryl methyl sites for hydroxylation is 1. The van der Waals surface area contributed by atoms with Gasteiger partial charge in [-0.25, -0.2) is 18.7 Å². The molecule has 1 aromatic rings. The Bertz CT molecular complexity index is 2910. The monoisotopic (exact) mass is 1470 g/mol. The molecule has 0 saturated carbocycles. The minimum atomic E-state index is -4.64. The Morgan fingerprint density at radius 1 is 0.808 bits per heavy atom. The van der Waals surface area contributed by atoms with Crippen LogP contribution in [0.4, 0.5) is 10.6 Å². The lowest BCUT2D eigenvalue weighted by Gasteiger charge is -2.45. The highest BCUT2D eigenvalue weighted by atomic mass is 32.2. The lowest BCUT2D eigenvalue weighted by atomic mass is 9.80. The topological polar surface area (TPSA) is 372 Å². The smallest absolute Gasteiger partial charge is 0.412 e. The molecule has 1 aromatic heterocycles. The second-order valence-corrected chi connectivity index (χ2v) is 36.1. The summed E-state index contributed by atoms with van der Waals surface area (Å²) < 4.78 is 100. The van der Waals surface area contributed by atoms with Gasteiger partial charge in [0, 0.05) is 107 Å². The van der Waals surface area contributed by atoms with Crippen LogP contribution in [-0.2, 0) is 64.6 Å². The standard InChI is InChI=1S/C67H119N11O17P2SSi/c1-9-52(5)67(6,50(2)3)95-99(7,8)44-26-34-70-39-43-90-96(85,88-40-24-18-32-68)93-54-31-42-87-57(54)48-91-97(86,89-41-25-19-33-69)94-55-45-62(92-56(55)47-79)78-46-51(4)64(77-66(78)84)74-38-21-11-10-20-35-71-59(80)28-14-12-22-36-72-60(81)29-15-13-23-37-73-61(82)30-17-16-27-58-63-53(49-98-58)75-65(83)76-63/h46,50,52-58,62-63,70,79H,9-31,34-45,47-49H2,1-8H3,(H,71,80)(H,72,81)(H,73,82)(H,74,77,84)(H2,75,76,83)/i42T,79D. The molecular weight excluding hydrogens is 1350 g/mol. The highest BCUT2D eigenvalue weighted by Crippen LogP contribution is 2.55. The number of amides is 5. The molecular formula is C67H119N11O17P2SSi. The van der Waals surface area contributed by atoms with Gasteiger partial charge in [0.15, 0.2) is 8.32 Å². The number of nitrogens with zero attached hydrogens (tertiary/aromatic N) is 4. The van der Waals surface area contributed by atoms with Gasteiger partial charge in [-0.3, -0.25) is 46.1 Å². The van der Waals surface area contributed by atoms with Crippen LogP contribution in [0.15, 0.2) is 11.0 Å². The molecule has 4 saturated heterocycles. The normalized spacial score (nSPS) is 23.7. The van der Waals surface area contributed by atoms with E-state index in [0.717, 1.165) is 108 Å². The van der Waals surface area contributed by atoms with Crippen LogP contribution in [-0.4, -0.2) is 180 Å². The zero-order chi connectivity index (χ0) is 73.7. The molecule has 5 amide bonds. The number of nitrogens with one attached hydrogen (secondary N) is 7. The van der Waals surface area contributed by atoms with Gasteiger partial charge >= 0.3 is 27.4 Å². The molecule has 4 fully saturated rings. The molecule has 32 heteroatoms. The van der Waals surface area contributed by atoms with E-state index in [1.165, 1.54) is 4.57 Å². The average molecular weight is 1480 g/mol. The van der Waals surface area contributed by atoms with E-state index in [1.807, 2.05) is 23.9 Å². The fourth-order valence-corrected chi connectivity index (χ4v) is 19.4. The molecule has 5 rings (SSSR count).